The number of ketones is 3. The number of carbonyl (C=O) groups excluding carboxylic acids is 4. The molecule has 15 rings (SSSR count). The van der Waals surface area contributed by atoms with Crippen LogP contribution in [0.2, 0.25) is 25.1 Å². The molecular formula is C75H75Ac2Br3Cl5N7O12. The number of phenols is 2. The number of fused-ring (bicyclic) bond motifs is 5. The predicted molar refractivity (Wildman–Crippen MR) is 407 cm³/mol. The number of Topliss-reactive ketones (excluding diaryl/α,β-unsaturated/α-hetero) is 3. The Morgan fingerprint density at radius 2 is 0.865 bits per heavy atom. The maximum atomic E-state index is 13.0. The molecule has 0 spiro atoms. The first kappa shape index (κ1) is 84.4. The summed E-state index contributed by atoms with van der Waals surface area (Å²) in [5, 5.41) is 47.5. The van der Waals surface area contributed by atoms with E-state index in [2.05, 4.69) is 78.4 Å². The van der Waals surface area contributed by atoms with Crippen LogP contribution in [-0.2, 0) is 51.6 Å². The van der Waals surface area contributed by atoms with Crippen LogP contribution in [0.3, 0.4) is 0 Å². The summed E-state index contributed by atoms with van der Waals surface area (Å²) in [5.74, 6) is 2.96. The van der Waals surface area contributed by atoms with E-state index < -0.39 is 23.9 Å². The number of ether oxygens (including phenoxy) is 4. The van der Waals surface area contributed by atoms with Crippen LogP contribution in [0.1, 0.15) is 87.1 Å². The van der Waals surface area contributed by atoms with E-state index in [9.17, 15) is 29.4 Å². The first-order valence-corrected chi connectivity index (χ1v) is 37.7. The number of rotatable bonds is 10. The molecule has 10 heterocycles. The van der Waals surface area contributed by atoms with Crippen LogP contribution in [-0.4, -0.2) is 132 Å². The minimum absolute atomic E-state index is 0. The number of aromatic amines is 2. The van der Waals surface area contributed by atoms with Gasteiger partial charge in [-0.25, -0.2) is 14.8 Å². The molecule has 0 bridgehead atoms. The van der Waals surface area contributed by atoms with Crippen LogP contribution in [0.5, 0.6) is 28.7 Å². The van der Waals surface area contributed by atoms with E-state index in [1.54, 1.807) is 35.5 Å². The molecule has 19 nitrogen and oxygen atoms in total. The summed E-state index contributed by atoms with van der Waals surface area (Å²) in [4.78, 5) is 67.6. The third-order valence-electron chi connectivity index (χ3n) is 18.4. The zero-order valence-corrected chi connectivity index (χ0v) is 75.0. The Labute approximate surface area is 724 Å². The number of pyridine rings is 2. The number of carbonyl (C=O) groups is 4. The minimum Gasteiger partial charge on any atom is -0.506 e. The van der Waals surface area contributed by atoms with E-state index in [0.717, 1.165) is 129 Å². The van der Waals surface area contributed by atoms with Crippen molar-refractivity contribution < 1.29 is 147 Å². The zero-order chi connectivity index (χ0) is 72.7. The standard InChI is InChI=1S/2C21H20ClN3O2.C19H23BrClNO4.2C7H6BrClO2.2Ac/c2*22-14-9-13-10-18(19(26)12-1-5-23-6-2-12)27-20(13)17(11-14)15-3-7-24-21-16(15)4-8-25-21;1-19(2,3)26-18(24)22-6-4-11(5-7-22)16(23)15-9-12-8-13(21)10-14(20)17(12)25-15;2*8-6-2-5(9)1-4(3-10)7(6)11;;/h2*3-4,7-9,11-12,18,23H,1-2,5-6,10H2,(H,24,25);8,10-11,15H,4-7,9H2,1-3H3;2*1-2,10-11H,3H2;;/t2*18-;;;;;/m10...../s1. The number of halogens is 8. The van der Waals surface area contributed by atoms with E-state index in [0.29, 0.717) is 96.1 Å². The molecular weight excluding hydrogens is 2060 g/mol. The molecule has 2 radical (unpaired) electrons. The first-order valence-electron chi connectivity index (χ1n) is 33.4. The number of hydrogen-bond acceptors (Lipinski definition) is 16. The SMILES string of the molecule is CC(C)(C)OC(=O)N1CCC(C(=O)C2Cc3cc(Cl)cc(Br)c3O2)CC1.O=C(C1CCNCC1)[C@@H]1Cc2cc(Cl)cc(-c3ccnc4[nH]ccc34)c2O1.O=C(C1CCNCC1)[C@H]1Cc2cc(Cl)cc(-c3ccnc4[nH]ccc34)c2O1.OCc1cc(Cl)cc(Br)c1O.OCc1cc(Cl)cc(Br)c1O.[Ac].[Ac]. The van der Waals surface area contributed by atoms with Crippen molar-refractivity contribution in [3.05, 3.63) is 176 Å². The fraction of sp³-hybridized carbons (Fsp3) is 0.360. The van der Waals surface area contributed by atoms with Crippen molar-refractivity contribution in [3.63, 3.8) is 0 Å². The van der Waals surface area contributed by atoms with Crippen molar-refractivity contribution in [2.45, 2.75) is 116 Å². The second-order valence-corrected chi connectivity index (χ2v) is 31.2. The number of aliphatic hydroxyl groups is 2. The molecule has 5 aromatic carbocycles. The van der Waals surface area contributed by atoms with Crippen LogP contribution in [0.15, 0.2) is 123 Å². The average Bonchev–Trinajstić information content (AvgIpc) is 1.59. The zero-order valence-electron chi connectivity index (χ0n) is 57.0. The van der Waals surface area contributed by atoms with Gasteiger partial charge < -0.3 is 64.9 Å². The predicted octanol–water partition coefficient (Wildman–Crippen LogP) is 16.7. The van der Waals surface area contributed by atoms with Crippen LogP contribution >= 0.6 is 106 Å². The second-order valence-electron chi connectivity index (χ2n) is 26.5. The number of amides is 1. The van der Waals surface area contributed by atoms with Gasteiger partial charge in [-0.1, -0.05) is 58.0 Å². The number of H-pyrrole nitrogens is 2. The van der Waals surface area contributed by atoms with Gasteiger partial charge in [0.2, 0.25) is 0 Å². The summed E-state index contributed by atoms with van der Waals surface area (Å²) in [6.07, 6.45) is 12.2. The molecule has 1 amide bonds. The quantitative estimate of drug-likeness (QED) is 0.0632. The van der Waals surface area contributed by atoms with Crippen LogP contribution in [0.25, 0.3) is 44.3 Å². The molecule has 9 aromatic rings. The van der Waals surface area contributed by atoms with Gasteiger partial charge in [0, 0.05) is 238 Å². The summed E-state index contributed by atoms with van der Waals surface area (Å²) in [6, 6.07) is 25.4. The summed E-state index contributed by atoms with van der Waals surface area (Å²) in [5.41, 5.74) is 8.79. The molecule has 4 aromatic heterocycles. The van der Waals surface area contributed by atoms with Gasteiger partial charge in [0.1, 0.15) is 45.6 Å². The number of nitrogens with zero attached hydrogens (tertiary/aromatic N) is 3. The topological polar surface area (TPSA) is 271 Å². The first-order chi connectivity index (χ1) is 48.8. The number of nitrogens with one attached hydrogen (secondary N) is 4. The molecule has 6 aliphatic rings. The van der Waals surface area contributed by atoms with Gasteiger partial charge in [0.25, 0.3) is 0 Å². The number of hydrogen-bond donors (Lipinski definition) is 8. The van der Waals surface area contributed by atoms with E-state index in [1.807, 2.05) is 87.8 Å². The Hall–Kier alpha value is -3.63. The van der Waals surface area contributed by atoms with Gasteiger partial charge >= 0.3 is 6.09 Å². The van der Waals surface area contributed by atoms with Gasteiger partial charge in [-0.3, -0.25) is 14.4 Å². The van der Waals surface area contributed by atoms with Gasteiger partial charge in [0.15, 0.2) is 35.7 Å². The number of aromatic hydroxyl groups is 2. The molecule has 0 aliphatic carbocycles. The molecule has 1 unspecified atom stereocenters. The third-order valence-corrected chi connectivity index (χ3v) is 21.3. The van der Waals surface area contributed by atoms with E-state index >= 15 is 0 Å². The Balaban J connectivity index is 0.000000157. The summed E-state index contributed by atoms with van der Waals surface area (Å²) < 4.78 is 25.5. The van der Waals surface area contributed by atoms with Crippen molar-refractivity contribution in [1.82, 2.24) is 35.5 Å². The maximum Gasteiger partial charge on any atom is 0.410 e. The van der Waals surface area contributed by atoms with Crippen molar-refractivity contribution in [1.29, 1.82) is 0 Å². The molecule has 104 heavy (non-hydrogen) atoms. The maximum absolute atomic E-state index is 13.0. The number of aromatic nitrogens is 4. The Morgan fingerprint density at radius 1 is 0.510 bits per heavy atom. The van der Waals surface area contributed by atoms with Crippen LogP contribution in [0.4, 0.5) is 4.79 Å². The molecule has 3 fully saturated rings. The van der Waals surface area contributed by atoms with E-state index in [1.165, 1.54) is 12.1 Å². The number of piperidine rings is 3. The second kappa shape index (κ2) is 38.3. The molecule has 0 saturated carbocycles. The van der Waals surface area contributed by atoms with Crippen LogP contribution in [0, 0.1) is 106 Å². The average molecular weight is 2140 g/mol. The molecule has 3 atom stereocenters. The normalized spacial score (nSPS) is 17.5. The number of aliphatic hydroxyl groups excluding tert-OH is 2. The monoisotopic (exact) mass is 2130 g/mol. The molecule has 3 saturated heterocycles. The fourth-order valence-electron chi connectivity index (χ4n) is 13.4. The molecule has 29 heteroatoms. The number of benzene rings is 5. The van der Waals surface area contributed by atoms with Gasteiger partial charge in [-0.2, -0.15) is 0 Å². The molecule has 8 N–H and O–H groups in total. The van der Waals surface area contributed by atoms with Gasteiger partial charge in [0.05, 0.1) is 26.6 Å². The minimum atomic E-state index is -0.512. The Bertz CT molecular complexity index is 4360. The molecule has 6 aliphatic heterocycles. The van der Waals surface area contributed by atoms with Crippen molar-refractivity contribution >= 4 is 151 Å². The largest absolute Gasteiger partial charge is 0.506 e. The van der Waals surface area contributed by atoms with E-state index in [4.69, 9.17) is 87.2 Å². The Kier molecular flexibility index (Phi) is 31.1. The third kappa shape index (κ3) is 20.9. The van der Waals surface area contributed by atoms with Crippen molar-refractivity contribution in [2.75, 3.05) is 39.3 Å². The van der Waals surface area contributed by atoms with Crippen molar-refractivity contribution in [2.24, 2.45) is 17.8 Å². The fourth-order valence-corrected chi connectivity index (χ4v) is 16.5. The van der Waals surface area contributed by atoms with Crippen LogP contribution < -0.4 is 24.8 Å². The summed E-state index contributed by atoms with van der Waals surface area (Å²) in [7, 11) is 0. The molecule has 544 valence electrons. The Morgan fingerprint density at radius 3 is 1.26 bits per heavy atom. The van der Waals surface area contributed by atoms with E-state index in [-0.39, 0.29) is 154 Å². The number of likely N-dealkylation sites (tertiary alicyclic amines) is 1. The summed E-state index contributed by atoms with van der Waals surface area (Å²) >= 11 is 39.8. The van der Waals surface area contributed by atoms with Gasteiger partial charge in [-0.05, 0) is 229 Å². The van der Waals surface area contributed by atoms with Crippen molar-refractivity contribution in [3.8, 4) is 51.0 Å². The smallest absolute Gasteiger partial charge is 0.410 e. The summed E-state index contributed by atoms with van der Waals surface area (Å²) in [6.45, 7) is 9.76. The van der Waals surface area contributed by atoms with Gasteiger partial charge in [-0.15, -0.1) is 0 Å².